The number of carbonyl (C=O) groups excluding carboxylic acids is 1. The van der Waals surface area contributed by atoms with Gasteiger partial charge in [0, 0.05) is 0 Å². The number of H-pyrrole nitrogens is 1. The number of hydrogen-bond donors (Lipinski definition) is 2. The minimum absolute atomic E-state index is 0.304. The Morgan fingerprint density at radius 2 is 1.74 bits per heavy atom. The first-order chi connectivity index (χ1) is 13.1. The molecule has 0 spiro atoms. The fourth-order valence-electron chi connectivity index (χ4n) is 2.74. The molecule has 1 amide bonds. The zero-order valence-electron chi connectivity index (χ0n) is 14.1. The number of carbonyl (C=O) groups is 1. The molecule has 2 aromatic carbocycles. The van der Waals surface area contributed by atoms with Crippen molar-refractivity contribution in [2.45, 2.75) is 10.4 Å². The van der Waals surface area contributed by atoms with Crippen LogP contribution in [0.1, 0.15) is 10.8 Å². The first-order valence-electron chi connectivity index (χ1n) is 8.18. The van der Waals surface area contributed by atoms with E-state index in [1.54, 1.807) is 4.68 Å². The second-order valence-electron chi connectivity index (χ2n) is 5.81. The molecule has 7 nitrogen and oxygen atoms in total. The summed E-state index contributed by atoms with van der Waals surface area (Å²) in [7, 11) is 0. The Morgan fingerprint density at radius 3 is 2.41 bits per heavy atom. The predicted molar refractivity (Wildman–Crippen MR) is 104 cm³/mol. The minimum atomic E-state index is -0.667. The maximum atomic E-state index is 12.5. The van der Waals surface area contributed by atoms with Crippen LogP contribution in [0, 0.1) is 0 Å². The fourth-order valence-corrected chi connectivity index (χ4v) is 3.67. The van der Waals surface area contributed by atoms with Crippen molar-refractivity contribution < 1.29 is 4.79 Å². The van der Waals surface area contributed by atoms with Crippen LogP contribution in [0.4, 0.5) is 0 Å². The zero-order chi connectivity index (χ0) is 18.8. The summed E-state index contributed by atoms with van der Waals surface area (Å²) in [5, 5.41) is 4.28. The summed E-state index contributed by atoms with van der Waals surface area (Å²) in [4.78, 5) is 31.6. The van der Waals surface area contributed by atoms with Crippen molar-refractivity contribution in [2.75, 3.05) is 0 Å². The van der Waals surface area contributed by atoms with E-state index in [2.05, 4.69) is 15.1 Å². The number of benzene rings is 2. The highest BCUT2D eigenvalue weighted by atomic mass is 32.2. The Hall–Kier alpha value is -3.39. The Bertz CT molecular complexity index is 1160. The molecule has 0 saturated heterocycles. The van der Waals surface area contributed by atoms with Gasteiger partial charge in [0.1, 0.15) is 10.6 Å². The van der Waals surface area contributed by atoms with Gasteiger partial charge in [-0.1, -0.05) is 60.3 Å². The van der Waals surface area contributed by atoms with Crippen molar-refractivity contribution in [1.29, 1.82) is 0 Å². The maximum Gasteiger partial charge on any atom is 0.262 e. The number of amides is 1. The largest absolute Gasteiger partial charge is 0.368 e. The van der Waals surface area contributed by atoms with Gasteiger partial charge in [-0.25, -0.2) is 9.67 Å². The van der Waals surface area contributed by atoms with E-state index in [9.17, 15) is 9.59 Å². The van der Waals surface area contributed by atoms with Crippen LogP contribution in [0.15, 0.2) is 76.8 Å². The molecule has 134 valence electrons. The summed E-state index contributed by atoms with van der Waals surface area (Å²) < 4.78 is 1.59. The molecule has 3 N–H and O–H groups in total. The van der Waals surface area contributed by atoms with Crippen LogP contribution >= 0.6 is 11.8 Å². The Kier molecular flexibility index (Phi) is 4.47. The Morgan fingerprint density at radius 1 is 1.07 bits per heavy atom. The summed E-state index contributed by atoms with van der Waals surface area (Å²) in [5.74, 6) is -0.509. The molecule has 0 aliphatic carbocycles. The normalized spacial score (nSPS) is 12.1. The molecule has 2 heterocycles. The maximum absolute atomic E-state index is 12.5. The van der Waals surface area contributed by atoms with Crippen LogP contribution < -0.4 is 11.3 Å². The lowest BCUT2D eigenvalue weighted by Gasteiger charge is -2.12. The second-order valence-corrected chi connectivity index (χ2v) is 6.91. The molecule has 27 heavy (non-hydrogen) atoms. The van der Waals surface area contributed by atoms with E-state index in [1.807, 2.05) is 60.7 Å². The zero-order valence-corrected chi connectivity index (χ0v) is 14.9. The summed E-state index contributed by atoms with van der Waals surface area (Å²) in [5.41, 5.74) is 7.21. The quantitative estimate of drug-likeness (QED) is 0.410. The number of nitrogens with one attached hydrogen (secondary N) is 1. The molecule has 4 rings (SSSR count). The predicted octanol–water partition coefficient (Wildman–Crippen LogP) is 2.43. The van der Waals surface area contributed by atoms with Crippen LogP contribution in [-0.4, -0.2) is 25.7 Å². The van der Waals surface area contributed by atoms with Gasteiger partial charge in [0.25, 0.3) is 5.56 Å². The molecular weight excluding hydrogens is 362 g/mol. The Labute approximate surface area is 158 Å². The van der Waals surface area contributed by atoms with Crippen LogP contribution in [-0.2, 0) is 4.79 Å². The highest BCUT2D eigenvalue weighted by Crippen LogP contribution is 2.33. The van der Waals surface area contributed by atoms with Gasteiger partial charge in [0.15, 0.2) is 10.8 Å². The first kappa shape index (κ1) is 17.0. The Balaban J connectivity index is 1.78. The molecule has 8 heteroatoms. The summed E-state index contributed by atoms with van der Waals surface area (Å²) in [6.07, 6.45) is 1.48. The highest BCUT2D eigenvalue weighted by Gasteiger charge is 2.21. The van der Waals surface area contributed by atoms with Gasteiger partial charge in [-0.05, 0) is 17.7 Å². The van der Waals surface area contributed by atoms with Crippen LogP contribution in [0.5, 0.6) is 0 Å². The van der Waals surface area contributed by atoms with Gasteiger partial charge in [0.2, 0.25) is 5.91 Å². The van der Waals surface area contributed by atoms with Crippen molar-refractivity contribution in [3.8, 4) is 5.69 Å². The van der Waals surface area contributed by atoms with Gasteiger partial charge in [-0.2, -0.15) is 5.10 Å². The summed E-state index contributed by atoms with van der Waals surface area (Å²) in [6.45, 7) is 0. The van der Waals surface area contributed by atoms with E-state index in [0.717, 1.165) is 23.0 Å². The van der Waals surface area contributed by atoms with Gasteiger partial charge in [-0.3, -0.25) is 9.59 Å². The number of rotatable bonds is 5. The lowest BCUT2D eigenvalue weighted by molar-refractivity contribution is -0.117. The number of nitrogens with zero attached hydrogens (tertiary/aromatic N) is 3. The number of aromatic amines is 1. The van der Waals surface area contributed by atoms with Crippen LogP contribution in [0.2, 0.25) is 0 Å². The molecule has 0 radical (unpaired) electrons. The topological polar surface area (TPSA) is 107 Å². The average molecular weight is 377 g/mol. The molecule has 1 atom stereocenters. The molecule has 0 aliphatic heterocycles. The third-order valence-corrected chi connectivity index (χ3v) is 5.16. The molecule has 2 aromatic heterocycles. The number of primary amides is 1. The number of aromatic nitrogens is 4. The van der Waals surface area contributed by atoms with Crippen molar-refractivity contribution in [2.24, 2.45) is 5.73 Å². The third-order valence-electron chi connectivity index (χ3n) is 4.01. The van der Waals surface area contributed by atoms with Gasteiger partial charge >= 0.3 is 0 Å². The standard InChI is InChI=1S/C19H15N5O2S/c20-16(25)15(12-7-3-1-4-8-12)27-19-22-17-14(18(26)23-19)11-21-24(17)13-9-5-2-6-10-13/h1-11,15H,(H2,20,25)(H,22,23,26)/t15-/m0/s1. The molecular formula is C19H15N5O2S. The second kappa shape index (κ2) is 7.08. The molecule has 0 saturated carbocycles. The lowest BCUT2D eigenvalue weighted by Crippen LogP contribution is -2.20. The number of para-hydroxylation sites is 1. The first-order valence-corrected chi connectivity index (χ1v) is 9.06. The van der Waals surface area contributed by atoms with Crippen LogP contribution in [0.3, 0.4) is 0 Å². The van der Waals surface area contributed by atoms with Gasteiger partial charge < -0.3 is 10.7 Å². The van der Waals surface area contributed by atoms with Crippen molar-refractivity contribution in [3.63, 3.8) is 0 Å². The minimum Gasteiger partial charge on any atom is -0.368 e. The molecule has 0 unspecified atom stereocenters. The van der Waals surface area contributed by atoms with E-state index in [0.29, 0.717) is 16.2 Å². The number of hydrogen-bond acceptors (Lipinski definition) is 5. The van der Waals surface area contributed by atoms with E-state index >= 15 is 0 Å². The molecule has 0 aliphatic rings. The average Bonchev–Trinajstić information content (AvgIpc) is 3.12. The van der Waals surface area contributed by atoms with E-state index in [-0.39, 0.29) is 5.56 Å². The van der Waals surface area contributed by atoms with Crippen molar-refractivity contribution >= 4 is 28.7 Å². The summed E-state index contributed by atoms with van der Waals surface area (Å²) >= 11 is 1.10. The smallest absolute Gasteiger partial charge is 0.262 e. The molecule has 0 fully saturated rings. The highest BCUT2D eigenvalue weighted by molar-refractivity contribution is 8.00. The third kappa shape index (κ3) is 3.34. The molecule has 0 bridgehead atoms. The number of thioether (sulfide) groups is 1. The van der Waals surface area contributed by atoms with E-state index < -0.39 is 11.2 Å². The van der Waals surface area contributed by atoms with Gasteiger partial charge in [0.05, 0.1) is 11.9 Å². The molecule has 4 aromatic rings. The summed E-state index contributed by atoms with van der Waals surface area (Å²) in [6, 6.07) is 18.5. The number of fused-ring (bicyclic) bond motifs is 1. The van der Waals surface area contributed by atoms with Crippen molar-refractivity contribution in [3.05, 3.63) is 82.8 Å². The SMILES string of the molecule is NC(=O)[C@@H](Sc1nc2c(cnn2-c2ccccc2)c(=O)[nH]1)c1ccccc1. The van der Waals surface area contributed by atoms with E-state index in [4.69, 9.17) is 5.73 Å². The van der Waals surface area contributed by atoms with Crippen molar-refractivity contribution in [1.82, 2.24) is 19.7 Å². The monoisotopic (exact) mass is 377 g/mol. The van der Waals surface area contributed by atoms with Crippen LogP contribution in [0.25, 0.3) is 16.7 Å². The number of nitrogens with two attached hydrogens (primary N) is 1. The fraction of sp³-hybridized carbons (Fsp3) is 0.0526. The van der Waals surface area contributed by atoms with Gasteiger partial charge in [-0.15, -0.1) is 0 Å². The lowest BCUT2D eigenvalue weighted by atomic mass is 10.1. The van der Waals surface area contributed by atoms with E-state index in [1.165, 1.54) is 6.20 Å².